The molecule has 0 aromatic carbocycles. The van der Waals surface area contributed by atoms with E-state index in [-0.39, 0.29) is 32.5 Å². The first-order chi connectivity index (χ1) is 15.7. The van der Waals surface area contributed by atoms with Gasteiger partial charge in [-0.3, -0.25) is 19.2 Å². The minimum atomic E-state index is -0.765. The van der Waals surface area contributed by atoms with Crippen molar-refractivity contribution in [2.45, 2.75) is 82.3 Å². The maximum absolute atomic E-state index is 12.6. The molecule has 0 saturated heterocycles. The standard InChI is InChI=1S/C23H38Br2O8/c1-5-9-11-32-22(28)18(24)14-16(20(26)30-7-3)13-17(21(27)31-8-4)15-19(25)23(29)33-12-10-6-2/h16-19H,5-15H2,1-4H3. The van der Waals surface area contributed by atoms with Crippen LogP contribution in [0.25, 0.3) is 0 Å². The van der Waals surface area contributed by atoms with Crippen LogP contribution in [0.4, 0.5) is 0 Å². The van der Waals surface area contributed by atoms with Crippen molar-refractivity contribution in [3.05, 3.63) is 0 Å². The second kappa shape index (κ2) is 19.2. The second-order valence-corrected chi connectivity index (χ2v) is 9.79. The Morgan fingerprint density at radius 2 is 0.939 bits per heavy atom. The molecule has 0 spiro atoms. The highest BCUT2D eigenvalue weighted by molar-refractivity contribution is 9.10. The lowest BCUT2D eigenvalue weighted by molar-refractivity contribution is -0.153. The Morgan fingerprint density at radius 3 is 1.24 bits per heavy atom. The number of hydrogen-bond acceptors (Lipinski definition) is 8. The number of hydrogen-bond donors (Lipinski definition) is 0. The van der Waals surface area contributed by atoms with E-state index in [4.69, 9.17) is 18.9 Å². The number of ether oxygens (including phenoxy) is 4. The predicted molar refractivity (Wildman–Crippen MR) is 131 cm³/mol. The minimum Gasteiger partial charge on any atom is -0.466 e. The van der Waals surface area contributed by atoms with E-state index in [1.165, 1.54) is 0 Å². The molecule has 0 heterocycles. The molecule has 33 heavy (non-hydrogen) atoms. The summed E-state index contributed by atoms with van der Waals surface area (Å²) >= 11 is 6.60. The largest absolute Gasteiger partial charge is 0.466 e. The van der Waals surface area contributed by atoms with Crippen molar-refractivity contribution in [2.24, 2.45) is 11.8 Å². The Bertz CT molecular complexity index is 549. The molecule has 0 rings (SSSR count). The molecule has 0 bridgehead atoms. The molecule has 10 heteroatoms. The number of alkyl halides is 2. The molecular formula is C23H38Br2O8. The zero-order chi connectivity index (χ0) is 25.2. The highest BCUT2D eigenvalue weighted by atomic mass is 79.9. The topological polar surface area (TPSA) is 105 Å². The Kier molecular flexibility index (Phi) is 18.5. The molecule has 0 amide bonds. The van der Waals surface area contributed by atoms with Gasteiger partial charge in [0.05, 0.1) is 38.3 Å². The Hall–Kier alpha value is -1.16. The first-order valence-electron chi connectivity index (χ1n) is 11.7. The zero-order valence-corrected chi connectivity index (χ0v) is 23.3. The van der Waals surface area contributed by atoms with Crippen molar-refractivity contribution < 1.29 is 38.1 Å². The number of carbonyl (C=O) groups excluding carboxylic acids is 4. The Morgan fingerprint density at radius 1 is 0.576 bits per heavy atom. The van der Waals surface area contributed by atoms with Crippen molar-refractivity contribution in [1.29, 1.82) is 0 Å². The van der Waals surface area contributed by atoms with Crippen LogP contribution in [0.5, 0.6) is 0 Å². The molecule has 0 fully saturated rings. The molecule has 0 aliphatic rings. The van der Waals surface area contributed by atoms with Gasteiger partial charge in [0.1, 0.15) is 9.65 Å². The van der Waals surface area contributed by atoms with Gasteiger partial charge in [0.2, 0.25) is 0 Å². The fourth-order valence-corrected chi connectivity index (χ4v) is 4.11. The lowest BCUT2D eigenvalue weighted by atomic mass is 9.88. The van der Waals surface area contributed by atoms with Crippen LogP contribution in [-0.4, -0.2) is 60.0 Å². The number of carbonyl (C=O) groups is 4. The third-order valence-corrected chi connectivity index (χ3v) is 6.28. The number of halogens is 2. The normalized spacial score (nSPS) is 14.5. The van der Waals surface area contributed by atoms with E-state index in [0.29, 0.717) is 13.2 Å². The van der Waals surface area contributed by atoms with Crippen LogP contribution >= 0.6 is 31.9 Å². The van der Waals surface area contributed by atoms with Crippen LogP contribution in [0.1, 0.15) is 72.6 Å². The molecule has 192 valence electrons. The maximum Gasteiger partial charge on any atom is 0.319 e. The minimum absolute atomic E-state index is 0.0619. The van der Waals surface area contributed by atoms with E-state index in [1.54, 1.807) is 13.8 Å². The average Bonchev–Trinajstić information content (AvgIpc) is 2.78. The van der Waals surface area contributed by atoms with Crippen molar-refractivity contribution in [2.75, 3.05) is 26.4 Å². The van der Waals surface area contributed by atoms with Gasteiger partial charge >= 0.3 is 23.9 Å². The SMILES string of the molecule is CCCCOC(=O)C(Br)CC(CC(CC(Br)C(=O)OCCCC)C(=O)OCC)C(=O)OCC. The number of esters is 4. The van der Waals surface area contributed by atoms with Crippen LogP contribution in [0.15, 0.2) is 0 Å². The monoisotopic (exact) mass is 600 g/mol. The first kappa shape index (κ1) is 31.8. The molecular weight excluding hydrogens is 564 g/mol. The summed E-state index contributed by atoms with van der Waals surface area (Å²) in [5.41, 5.74) is 0. The van der Waals surface area contributed by atoms with Gasteiger partial charge in [-0.2, -0.15) is 0 Å². The van der Waals surface area contributed by atoms with E-state index < -0.39 is 45.4 Å². The van der Waals surface area contributed by atoms with Crippen molar-refractivity contribution >= 4 is 55.7 Å². The molecule has 0 radical (unpaired) electrons. The summed E-state index contributed by atoms with van der Waals surface area (Å²) in [6, 6.07) is 0. The molecule has 0 saturated carbocycles. The summed E-state index contributed by atoms with van der Waals surface area (Å²) in [6.45, 7) is 8.28. The van der Waals surface area contributed by atoms with E-state index in [0.717, 1.165) is 25.7 Å². The van der Waals surface area contributed by atoms with Gasteiger partial charge in [0.15, 0.2) is 0 Å². The van der Waals surface area contributed by atoms with Gasteiger partial charge in [-0.15, -0.1) is 0 Å². The highest BCUT2D eigenvalue weighted by Gasteiger charge is 2.35. The number of unbranched alkanes of at least 4 members (excludes halogenated alkanes) is 2. The first-order valence-corrected chi connectivity index (χ1v) is 13.5. The Balaban J connectivity index is 5.37. The van der Waals surface area contributed by atoms with E-state index in [1.807, 2.05) is 13.8 Å². The van der Waals surface area contributed by atoms with Gasteiger partial charge in [0.25, 0.3) is 0 Å². The molecule has 0 aliphatic heterocycles. The van der Waals surface area contributed by atoms with Gasteiger partial charge in [-0.05, 0) is 46.0 Å². The second-order valence-electron chi connectivity index (χ2n) is 7.58. The molecule has 0 N–H and O–H groups in total. The maximum atomic E-state index is 12.6. The summed E-state index contributed by atoms with van der Waals surface area (Å²) in [7, 11) is 0. The van der Waals surface area contributed by atoms with Crippen LogP contribution in [-0.2, 0) is 38.1 Å². The summed E-state index contributed by atoms with van der Waals surface area (Å²) in [5, 5.41) is 0. The van der Waals surface area contributed by atoms with Crippen molar-refractivity contribution in [3.63, 3.8) is 0 Å². The molecule has 0 aliphatic carbocycles. The molecule has 4 unspecified atom stereocenters. The van der Waals surface area contributed by atoms with Gasteiger partial charge < -0.3 is 18.9 Å². The molecule has 8 nitrogen and oxygen atoms in total. The van der Waals surface area contributed by atoms with E-state index >= 15 is 0 Å². The van der Waals surface area contributed by atoms with Crippen LogP contribution in [0, 0.1) is 11.8 Å². The van der Waals surface area contributed by atoms with Gasteiger partial charge in [-0.1, -0.05) is 58.5 Å². The summed E-state index contributed by atoms with van der Waals surface area (Å²) < 4.78 is 20.8. The third-order valence-electron chi connectivity index (χ3n) is 4.79. The Labute approximate surface area is 214 Å². The molecule has 0 aromatic heterocycles. The van der Waals surface area contributed by atoms with Crippen molar-refractivity contribution in [3.8, 4) is 0 Å². The fourth-order valence-electron chi connectivity index (χ4n) is 2.95. The quantitative estimate of drug-likeness (QED) is 0.0961. The molecule has 4 atom stereocenters. The van der Waals surface area contributed by atoms with E-state index in [9.17, 15) is 19.2 Å². The van der Waals surface area contributed by atoms with Crippen molar-refractivity contribution in [1.82, 2.24) is 0 Å². The van der Waals surface area contributed by atoms with Crippen LogP contribution in [0.3, 0.4) is 0 Å². The van der Waals surface area contributed by atoms with Crippen LogP contribution in [0.2, 0.25) is 0 Å². The van der Waals surface area contributed by atoms with Gasteiger partial charge in [-0.25, -0.2) is 0 Å². The average molecular weight is 602 g/mol. The fraction of sp³-hybridized carbons (Fsp3) is 0.826. The smallest absolute Gasteiger partial charge is 0.319 e. The predicted octanol–water partition coefficient (Wildman–Crippen LogP) is 4.73. The molecule has 0 aromatic rings. The summed E-state index contributed by atoms with van der Waals surface area (Å²) in [5.74, 6) is -3.51. The highest BCUT2D eigenvalue weighted by Crippen LogP contribution is 2.28. The lowest BCUT2D eigenvalue weighted by Crippen LogP contribution is -2.32. The van der Waals surface area contributed by atoms with Crippen LogP contribution < -0.4 is 0 Å². The summed E-state index contributed by atoms with van der Waals surface area (Å²) in [6.07, 6.45) is 3.52. The summed E-state index contributed by atoms with van der Waals surface area (Å²) in [4.78, 5) is 48.3. The van der Waals surface area contributed by atoms with E-state index in [2.05, 4.69) is 31.9 Å². The third kappa shape index (κ3) is 14.0. The lowest BCUT2D eigenvalue weighted by Gasteiger charge is -2.24. The zero-order valence-electron chi connectivity index (χ0n) is 20.1. The number of rotatable bonds is 18. The van der Waals surface area contributed by atoms with Gasteiger partial charge in [0, 0.05) is 0 Å².